The molecule has 0 bridgehead atoms. The molecular weight excluding hydrogens is 663 g/mol. The molecule has 6 aromatic carbocycles. The summed E-state index contributed by atoms with van der Waals surface area (Å²) in [6.45, 7) is 6.33. The number of aryl methyl sites for hydroxylation is 3. The number of hydrogen-bond donors (Lipinski definition) is 0. The second kappa shape index (κ2) is 12.3. The van der Waals surface area contributed by atoms with Gasteiger partial charge in [0.1, 0.15) is 0 Å². The summed E-state index contributed by atoms with van der Waals surface area (Å²) in [5.74, 6) is 0.726. The average Bonchev–Trinajstić information content (AvgIpc) is 3.48. The van der Waals surface area contributed by atoms with Crippen molar-refractivity contribution in [3.63, 3.8) is 0 Å². The standard InChI is InChI=1S/C49H35N3S/c1-30-25-31(2)47(50-29-30)34-21-23-38-37-16-9-10-18-40(37)49(42(38)27-34)41-19-11-12-20-45(41)53-46-24-22-35(28-43(46)49)48-51-32(3)26-44(52-48)39-17-8-7-15-36(39)33-13-5-4-6-14-33/h4-29H,1-3H3. The van der Waals surface area contributed by atoms with E-state index in [-0.39, 0.29) is 0 Å². The molecule has 0 radical (unpaired) electrons. The van der Waals surface area contributed by atoms with Crippen LogP contribution in [0.2, 0.25) is 0 Å². The van der Waals surface area contributed by atoms with Crippen molar-refractivity contribution in [1.82, 2.24) is 15.0 Å². The maximum Gasteiger partial charge on any atom is 0.160 e. The number of aromatic nitrogens is 3. The summed E-state index contributed by atoms with van der Waals surface area (Å²) in [6.07, 6.45) is 1.97. The van der Waals surface area contributed by atoms with Crippen LogP contribution in [0.3, 0.4) is 0 Å². The Balaban J connectivity index is 1.21. The fourth-order valence-electron chi connectivity index (χ4n) is 8.62. The third-order valence-electron chi connectivity index (χ3n) is 10.8. The van der Waals surface area contributed by atoms with Gasteiger partial charge in [0, 0.05) is 38.4 Å². The Morgan fingerprint density at radius 1 is 0.472 bits per heavy atom. The molecule has 1 aliphatic carbocycles. The molecule has 53 heavy (non-hydrogen) atoms. The molecule has 0 N–H and O–H groups in total. The van der Waals surface area contributed by atoms with Crippen LogP contribution in [0.5, 0.6) is 0 Å². The van der Waals surface area contributed by atoms with Gasteiger partial charge in [0.15, 0.2) is 5.82 Å². The van der Waals surface area contributed by atoms with Crippen LogP contribution in [-0.4, -0.2) is 15.0 Å². The molecule has 1 spiro atoms. The van der Waals surface area contributed by atoms with E-state index in [0.717, 1.165) is 45.2 Å². The zero-order valence-electron chi connectivity index (χ0n) is 29.8. The lowest BCUT2D eigenvalue weighted by Gasteiger charge is -2.40. The van der Waals surface area contributed by atoms with Crippen molar-refractivity contribution >= 4 is 11.8 Å². The number of benzene rings is 6. The Hall–Kier alpha value is -6.10. The highest BCUT2D eigenvalue weighted by Crippen LogP contribution is 2.62. The van der Waals surface area contributed by atoms with Gasteiger partial charge < -0.3 is 0 Å². The first-order chi connectivity index (χ1) is 26.0. The maximum absolute atomic E-state index is 5.30. The van der Waals surface area contributed by atoms with Crippen molar-refractivity contribution in [3.05, 3.63) is 197 Å². The molecule has 1 aliphatic heterocycles. The summed E-state index contributed by atoms with van der Waals surface area (Å²) in [7, 11) is 0. The van der Waals surface area contributed by atoms with E-state index in [1.165, 1.54) is 59.9 Å². The Morgan fingerprint density at radius 2 is 1.13 bits per heavy atom. The first-order valence-electron chi connectivity index (χ1n) is 18.1. The van der Waals surface area contributed by atoms with E-state index in [0.29, 0.717) is 0 Å². The molecule has 8 aromatic rings. The molecule has 10 rings (SSSR count). The largest absolute Gasteiger partial charge is 0.256 e. The minimum atomic E-state index is -0.541. The van der Waals surface area contributed by atoms with Gasteiger partial charge in [-0.05, 0) is 107 Å². The van der Waals surface area contributed by atoms with Crippen LogP contribution in [0, 0.1) is 20.8 Å². The van der Waals surface area contributed by atoms with Gasteiger partial charge in [0.05, 0.1) is 16.8 Å². The highest BCUT2D eigenvalue weighted by molar-refractivity contribution is 7.99. The van der Waals surface area contributed by atoms with Crippen LogP contribution in [0.25, 0.3) is 56.2 Å². The predicted molar refractivity (Wildman–Crippen MR) is 217 cm³/mol. The van der Waals surface area contributed by atoms with Crippen LogP contribution in [-0.2, 0) is 5.41 Å². The first-order valence-corrected chi connectivity index (χ1v) is 18.9. The molecule has 252 valence electrons. The summed E-state index contributed by atoms with van der Waals surface area (Å²) in [6, 6.07) is 55.1. The van der Waals surface area contributed by atoms with E-state index in [2.05, 4.69) is 172 Å². The number of hydrogen-bond acceptors (Lipinski definition) is 4. The summed E-state index contributed by atoms with van der Waals surface area (Å²) < 4.78 is 0. The third-order valence-corrected chi connectivity index (χ3v) is 12.0. The lowest BCUT2D eigenvalue weighted by molar-refractivity contribution is 0.722. The molecule has 0 amide bonds. The van der Waals surface area contributed by atoms with Crippen LogP contribution in [0.1, 0.15) is 39.1 Å². The molecule has 0 fully saturated rings. The topological polar surface area (TPSA) is 38.7 Å². The normalized spacial score (nSPS) is 15.1. The highest BCUT2D eigenvalue weighted by atomic mass is 32.2. The summed E-state index contributed by atoms with van der Waals surface area (Å²) in [5, 5.41) is 0. The summed E-state index contributed by atoms with van der Waals surface area (Å²) >= 11 is 1.85. The van der Waals surface area contributed by atoms with Gasteiger partial charge in [-0.15, -0.1) is 0 Å². The molecule has 1 unspecified atom stereocenters. The summed E-state index contributed by atoms with van der Waals surface area (Å²) in [4.78, 5) is 17.8. The number of rotatable bonds is 4. The number of pyridine rings is 1. The van der Waals surface area contributed by atoms with Crippen LogP contribution >= 0.6 is 11.8 Å². The third kappa shape index (κ3) is 4.93. The molecule has 3 heterocycles. The van der Waals surface area contributed by atoms with Gasteiger partial charge in [0.25, 0.3) is 0 Å². The van der Waals surface area contributed by atoms with Crippen LogP contribution in [0.4, 0.5) is 0 Å². The zero-order valence-corrected chi connectivity index (χ0v) is 30.6. The second-order valence-corrected chi connectivity index (χ2v) is 15.3. The van der Waals surface area contributed by atoms with Crippen molar-refractivity contribution in [1.29, 1.82) is 0 Å². The molecule has 0 saturated carbocycles. The van der Waals surface area contributed by atoms with E-state index in [9.17, 15) is 0 Å². The zero-order chi connectivity index (χ0) is 35.7. The van der Waals surface area contributed by atoms with E-state index in [4.69, 9.17) is 15.0 Å². The van der Waals surface area contributed by atoms with Crippen molar-refractivity contribution in [2.75, 3.05) is 0 Å². The Bertz CT molecular complexity index is 2750. The lowest BCUT2D eigenvalue weighted by Crippen LogP contribution is -2.32. The number of fused-ring (bicyclic) bond motifs is 9. The summed E-state index contributed by atoms with van der Waals surface area (Å²) in [5.41, 5.74) is 17.9. The van der Waals surface area contributed by atoms with E-state index >= 15 is 0 Å². The fourth-order valence-corrected chi connectivity index (χ4v) is 9.79. The quantitative estimate of drug-likeness (QED) is 0.183. The molecule has 3 nitrogen and oxygen atoms in total. The Morgan fingerprint density at radius 3 is 1.96 bits per heavy atom. The van der Waals surface area contributed by atoms with Gasteiger partial charge in [-0.25, -0.2) is 9.97 Å². The average molecular weight is 698 g/mol. The molecule has 0 saturated heterocycles. The van der Waals surface area contributed by atoms with E-state index in [1.807, 2.05) is 18.0 Å². The molecule has 2 aromatic heterocycles. The van der Waals surface area contributed by atoms with Gasteiger partial charge in [-0.3, -0.25) is 4.98 Å². The maximum atomic E-state index is 5.30. The molecule has 1 atom stereocenters. The van der Waals surface area contributed by atoms with Crippen molar-refractivity contribution in [3.8, 4) is 56.2 Å². The van der Waals surface area contributed by atoms with Crippen LogP contribution in [0.15, 0.2) is 168 Å². The minimum absolute atomic E-state index is 0.541. The second-order valence-electron chi connectivity index (χ2n) is 14.2. The van der Waals surface area contributed by atoms with Crippen molar-refractivity contribution < 1.29 is 0 Å². The Kier molecular flexibility index (Phi) is 7.31. The van der Waals surface area contributed by atoms with E-state index in [1.54, 1.807) is 0 Å². The molecular formula is C49H35N3S. The number of nitrogens with zero attached hydrogens (tertiary/aromatic N) is 3. The SMILES string of the molecule is Cc1cnc(-c2ccc3c(c2)C2(c4ccccc4Sc4ccc(-c5nc(C)cc(-c6ccccc6-c6ccccc6)n5)cc42)c2ccccc2-3)c(C)c1. The van der Waals surface area contributed by atoms with Crippen LogP contribution < -0.4 is 0 Å². The fraction of sp³-hybridized carbons (Fsp3) is 0.0816. The predicted octanol–water partition coefficient (Wildman–Crippen LogP) is 12.3. The van der Waals surface area contributed by atoms with Gasteiger partial charge >= 0.3 is 0 Å². The monoisotopic (exact) mass is 697 g/mol. The van der Waals surface area contributed by atoms with Gasteiger partial charge in [0.2, 0.25) is 0 Å². The highest BCUT2D eigenvalue weighted by Gasteiger charge is 2.50. The van der Waals surface area contributed by atoms with Crippen molar-refractivity contribution in [2.45, 2.75) is 36.0 Å². The first kappa shape index (κ1) is 31.6. The Labute approximate surface area is 314 Å². The molecule has 4 heteroatoms. The van der Waals surface area contributed by atoms with Gasteiger partial charge in [-0.1, -0.05) is 133 Å². The van der Waals surface area contributed by atoms with Gasteiger partial charge in [-0.2, -0.15) is 0 Å². The smallest absolute Gasteiger partial charge is 0.160 e. The van der Waals surface area contributed by atoms with Crippen molar-refractivity contribution in [2.24, 2.45) is 0 Å². The van der Waals surface area contributed by atoms with E-state index < -0.39 is 5.41 Å². The lowest BCUT2D eigenvalue weighted by atomic mass is 9.67. The minimum Gasteiger partial charge on any atom is -0.256 e. The molecule has 2 aliphatic rings.